The van der Waals surface area contributed by atoms with Gasteiger partial charge in [0.1, 0.15) is 0 Å². The Bertz CT molecular complexity index is 1410. The lowest BCUT2D eigenvalue weighted by Crippen LogP contribution is -2.33. The molecule has 0 radical (unpaired) electrons. The summed E-state index contributed by atoms with van der Waals surface area (Å²) in [5.41, 5.74) is 7.50. The molecule has 0 spiro atoms. The Morgan fingerprint density at radius 3 is 1.73 bits per heavy atom. The van der Waals surface area contributed by atoms with Crippen LogP contribution in [0.4, 0.5) is 5.69 Å². The van der Waals surface area contributed by atoms with Crippen molar-refractivity contribution >= 4 is 29.0 Å². The van der Waals surface area contributed by atoms with Gasteiger partial charge in [-0.3, -0.25) is 9.59 Å². The number of esters is 1. The first kappa shape index (κ1) is 23.2. The van der Waals surface area contributed by atoms with E-state index in [2.05, 4.69) is 74.5 Å². The van der Waals surface area contributed by atoms with Crippen molar-refractivity contribution in [2.75, 3.05) is 12.0 Å². The molecule has 3 aromatic rings. The van der Waals surface area contributed by atoms with Crippen molar-refractivity contribution in [1.82, 2.24) is 0 Å². The summed E-state index contributed by atoms with van der Waals surface area (Å²) in [5, 5.41) is 0. The zero-order chi connectivity index (χ0) is 25.8. The molecular formula is C32H27NO4. The summed E-state index contributed by atoms with van der Waals surface area (Å²) in [6.45, 7) is 4.13. The number of amides is 2. The Morgan fingerprint density at radius 1 is 0.730 bits per heavy atom. The fraction of sp³-hybridized carbons (Fsp3) is 0.219. The van der Waals surface area contributed by atoms with Crippen LogP contribution in [0.15, 0.2) is 90.5 Å². The molecule has 0 aromatic heterocycles. The van der Waals surface area contributed by atoms with Gasteiger partial charge >= 0.3 is 5.97 Å². The van der Waals surface area contributed by atoms with Gasteiger partial charge in [-0.1, -0.05) is 77.9 Å². The highest BCUT2D eigenvalue weighted by Crippen LogP contribution is 2.58. The van der Waals surface area contributed by atoms with Gasteiger partial charge in [0.05, 0.1) is 30.2 Å². The predicted molar refractivity (Wildman–Crippen MR) is 142 cm³/mol. The topological polar surface area (TPSA) is 63.7 Å². The smallest absolute Gasteiger partial charge is 0.337 e. The normalized spacial score (nSPS) is 23.5. The number of ether oxygens (including phenoxy) is 1. The summed E-state index contributed by atoms with van der Waals surface area (Å²) in [6.07, 6.45) is 4.20. The Morgan fingerprint density at radius 2 is 1.24 bits per heavy atom. The van der Waals surface area contributed by atoms with E-state index in [1.165, 1.54) is 23.1 Å². The number of nitrogens with zero attached hydrogens (tertiary/aromatic N) is 1. The molecule has 3 aromatic carbocycles. The average molecular weight is 490 g/mol. The van der Waals surface area contributed by atoms with Gasteiger partial charge in [0.25, 0.3) is 0 Å². The second kappa shape index (κ2) is 8.70. The van der Waals surface area contributed by atoms with E-state index in [0.717, 1.165) is 22.3 Å². The number of fused-ring (bicyclic) bond motifs is 5. The Hall–Kier alpha value is -4.25. The second-order valence-corrected chi connectivity index (χ2v) is 10.1. The van der Waals surface area contributed by atoms with Crippen LogP contribution in [-0.4, -0.2) is 24.9 Å². The summed E-state index contributed by atoms with van der Waals surface area (Å²) in [5.74, 6) is -2.14. The van der Waals surface area contributed by atoms with Crippen molar-refractivity contribution in [2.24, 2.45) is 23.7 Å². The first-order valence-corrected chi connectivity index (χ1v) is 12.5. The molecule has 5 heteroatoms. The highest BCUT2D eigenvalue weighted by atomic mass is 16.5. The van der Waals surface area contributed by atoms with Gasteiger partial charge in [-0.2, -0.15) is 0 Å². The second-order valence-electron chi connectivity index (χ2n) is 10.1. The molecule has 1 heterocycles. The van der Waals surface area contributed by atoms with E-state index < -0.39 is 17.8 Å². The molecule has 3 aliphatic rings. The summed E-state index contributed by atoms with van der Waals surface area (Å²) in [6, 6.07) is 23.4. The SMILES string of the molecule is COC(=O)c1cccc(N2C(=O)[C@@H]3[C@H](C2=O)[C@H]2C=C[C@@H]3C2=C(c2ccc(C)cc2)c2ccc(C)cc2)c1. The third-order valence-electron chi connectivity index (χ3n) is 7.91. The van der Waals surface area contributed by atoms with Gasteiger partial charge in [-0.25, -0.2) is 9.69 Å². The Balaban J connectivity index is 1.45. The zero-order valence-electron chi connectivity index (χ0n) is 21.0. The van der Waals surface area contributed by atoms with E-state index in [-0.39, 0.29) is 23.7 Å². The van der Waals surface area contributed by atoms with Crippen molar-refractivity contribution in [3.63, 3.8) is 0 Å². The predicted octanol–water partition coefficient (Wildman–Crippen LogP) is 5.51. The minimum atomic E-state index is -0.506. The number of aryl methyl sites for hydroxylation is 2. The number of carbonyl (C=O) groups excluding carboxylic acids is 3. The molecule has 2 bridgehead atoms. The zero-order valence-corrected chi connectivity index (χ0v) is 21.0. The molecule has 2 fully saturated rings. The maximum Gasteiger partial charge on any atom is 0.337 e. The molecule has 4 atom stereocenters. The molecule has 0 N–H and O–H groups in total. The summed E-state index contributed by atoms with van der Waals surface area (Å²) < 4.78 is 4.82. The number of imide groups is 1. The third kappa shape index (κ3) is 3.57. The number of hydrogen-bond acceptors (Lipinski definition) is 4. The molecule has 2 aliphatic carbocycles. The van der Waals surface area contributed by atoms with E-state index in [0.29, 0.717) is 11.3 Å². The number of benzene rings is 3. The van der Waals surface area contributed by atoms with E-state index in [4.69, 9.17) is 4.74 Å². The number of rotatable bonds is 4. The molecule has 1 aliphatic heterocycles. The van der Waals surface area contributed by atoms with Gasteiger partial charge in [-0.15, -0.1) is 0 Å². The van der Waals surface area contributed by atoms with Crippen LogP contribution in [-0.2, 0) is 14.3 Å². The summed E-state index contributed by atoms with van der Waals surface area (Å²) in [7, 11) is 1.31. The van der Waals surface area contributed by atoms with Crippen LogP contribution in [0, 0.1) is 37.5 Å². The van der Waals surface area contributed by atoms with E-state index in [1.807, 2.05) is 0 Å². The van der Waals surface area contributed by atoms with E-state index >= 15 is 0 Å². The number of hydrogen-bond donors (Lipinski definition) is 0. The van der Waals surface area contributed by atoms with Crippen molar-refractivity contribution < 1.29 is 19.1 Å². The standard InChI is InChI=1S/C32H27NO4/c1-18-7-11-20(12-8-18)26(21-13-9-19(2)10-14-21)27-24-15-16-25(27)29-28(24)30(34)33(31(29)35)23-6-4-5-22(17-23)32(36)37-3/h4-17,24-25,28-29H,1-3H3/t24-,25+,28+,29-. The summed E-state index contributed by atoms with van der Waals surface area (Å²) >= 11 is 0. The highest BCUT2D eigenvalue weighted by molar-refractivity contribution is 6.23. The number of methoxy groups -OCH3 is 1. The van der Waals surface area contributed by atoms with Crippen molar-refractivity contribution in [2.45, 2.75) is 13.8 Å². The fourth-order valence-corrected chi connectivity index (χ4v) is 6.18. The van der Waals surface area contributed by atoms with Gasteiger partial charge in [0, 0.05) is 11.8 Å². The maximum atomic E-state index is 13.8. The van der Waals surface area contributed by atoms with Crippen LogP contribution in [0.1, 0.15) is 32.6 Å². The Labute approximate surface area is 216 Å². The molecule has 184 valence electrons. The molecule has 0 unspecified atom stereocenters. The van der Waals surface area contributed by atoms with Crippen LogP contribution in [0.5, 0.6) is 0 Å². The molecule has 1 saturated carbocycles. The molecule has 37 heavy (non-hydrogen) atoms. The van der Waals surface area contributed by atoms with Crippen molar-refractivity contribution in [3.05, 3.63) is 118 Å². The van der Waals surface area contributed by atoms with Crippen LogP contribution in [0.25, 0.3) is 5.57 Å². The quantitative estimate of drug-likeness (QED) is 0.275. The van der Waals surface area contributed by atoms with E-state index in [9.17, 15) is 14.4 Å². The number of carbonyl (C=O) groups is 3. The van der Waals surface area contributed by atoms with Crippen molar-refractivity contribution in [3.8, 4) is 0 Å². The van der Waals surface area contributed by atoms with Crippen LogP contribution < -0.4 is 4.90 Å². The summed E-state index contributed by atoms with van der Waals surface area (Å²) in [4.78, 5) is 40.9. The number of allylic oxidation sites excluding steroid dienone is 3. The lowest BCUT2D eigenvalue weighted by molar-refractivity contribution is -0.122. The first-order chi connectivity index (χ1) is 17.9. The van der Waals surface area contributed by atoms with Crippen LogP contribution in [0.2, 0.25) is 0 Å². The van der Waals surface area contributed by atoms with Gasteiger partial charge < -0.3 is 4.74 Å². The first-order valence-electron chi connectivity index (χ1n) is 12.5. The van der Waals surface area contributed by atoms with Crippen LogP contribution in [0.3, 0.4) is 0 Å². The van der Waals surface area contributed by atoms with E-state index in [1.54, 1.807) is 24.3 Å². The largest absolute Gasteiger partial charge is 0.465 e. The maximum absolute atomic E-state index is 13.8. The molecule has 5 nitrogen and oxygen atoms in total. The molecule has 2 amide bonds. The lowest BCUT2D eigenvalue weighted by Gasteiger charge is -2.22. The third-order valence-corrected chi connectivity index (χ3v) is 7.91. The highest BCUT2D eigenvalue weighted by Gasteiger charge is 2.62. The fourth-order valence-electron chi connectivity index (χ4n) is 6.18. The Kier molecular flexibility index (Phi) is 5.45. The van der Waals surface area contributed by atoms with Gasteiger partial charge in [-0.05, 0) is 54.3 Å². The molecule has 6 rings (SSSR count). The molecule has 1 saturated heterocycles. The van der Waals surface area contributed by atoms with Crippen LogP contribution >= 0.6 is 0 Å². The monoisotopic (exact) mass is 489 g/mol. The molecular weight excluding hydrogens is 462 g/mol. The van der Waals surface area contributed by atoms with Gasteiger partial charge in [0.2, 0.25) is 11.8 Å². The minimum Gasteiger partial charge on any atom is -0.465 e. The number of anilines is 1. The minimum absolute atomic E-state index is 0.155. The average Bonchev–Trinajstić information content (AvgIpc) is 3.55. The van der Waals surface area contributed by atoms with Gasteiger partial charge in [0.15, 0.2) is 0 Å². The van der Waals surface area contributed by atoms with Crippen molar-refractivity contribution in [1.29, 1.82) is 0 Å². The lowest BCUT2D eigenvalue weighted by atomic mass is 9.85.